The third-order valence-corrected chi connectivity index (χ3v) is 8.85. The Morgan fingerprint density at radius 3 is 0.676 bits per heavy atom. The third-order valence-electron chi connectivity index (χ3n) is 8.85. The molecule has 0 aromatic heterocycles. The normalized spacial score (nSPS) is 12.4. The van der Waals surface area contributed by atoms with Crippen LogP contribution < -0.4 is 0 Å². The molecular weight excluding hydrogens is 444 g/mol. The van der Waals surface area contributed by atoms with Gasteiger partial charge in [-0.25, -0.2) is 0 Å². The molecule has 1 unspecified atom stereocenters. The number of unbranched alkanes of at least 4 members (excludes halogenated alkanes) is 29. The van der Waals surface area contributed by atoms with E-state index >= 15 is 0 Å². The lowest BCUT2D eigenvalue weighted by atomic mass is 9.97. The largest absolute Gasteiger partial charge is 0.0654 e. The van der Waals surface area contributed by atoms with Gasteiger partial charge in [-0.15, -0.1) is 0 Å². The lowest BCUT2D eigenvalue weighted by Crippen LogP contribution is -1.94. The maximum absolute atomic E-state index is 2.46. The van der Waals surface area contributed by atoms with Gasteiger partial charge in [0, 0.05) is 0 Å². The molecule has 0 aliphatic rings. The van der Waals surface area contributed by atoms with E-state index in [9.17, 15) is 0 Å². The monoisotopic (exact) mass is 521 g/mol. The minimum Gasteiger partial charge on any atom is -0.0654 e. The van der Waals surface area contributed by atoms with E-state index < -0.39 is 0 Å². The number of hydrogen-bond donors (Lipinski definition) is 0. The van der Waals surface area contributed by atoms with Crippen LogP contribution in [0.5, 0.6) is 0 Å². The molecule has 0 bridgehead atoms. The zero-order chi connectivity index (χ0) is 26.9. The predicted octanol–water partition coefficient (Wildman–Crippen LogP) is 14.5. The molecule has 0 saturated carbocycles. The van der Waals surface area contributed by atoms with Gasteiger partial charge < -0.3 is 0 Å². The van der Waals surface area contributed by atoms with Gasteiger partial charge in [0.2, 0.25) is 0 Å². The first-order valence-electron chi connectivity index (χ1n) is 18.3. The summed E-state index contributed by atoms with van der Waals surface area (Å²) in [6.45, 7) is 7.08. The molecule has 224 valence electrons. The molecule has 0 nitrogen and oxygen atoms in total. The molecule has 0 amide bonds. The topological polar surface area (TPSA) is 0 Å². The summed E-state index contributed by atoms with van der Waals surface area (Å²) >= 11 is 0. The summed E-state index contributed by atoms with van der Waals surface area (Å²) in [6, 6.07) is 0. The molecule has 0 aromatic carbocycles. The average Bonchev–Trinajstić information content (AvgIpc) is 2.91. The second kappa shape index (κ2) is 34.0. The molecule has 0 fully saturated rings. The van der Waals surface area contributed by atoms with Crippen LogP contribution in [0.1, 0.15) is 233 Å². The van der Waals surface area contributed by atoms with Crippen LogP contribution >= 0.6 is 0 Å². The summed E-state index contributed by atoms with van der Waals surface area (Å²) < 4.78 is 0. The van der Waals surface area contributed by atoms with Crippen molar-refractivity contribution < 1.29 is 0 Å². The van der Waals surface area contributed by atoms with Gasteiger partial charge in [-0.3, -0.25) is 0 Å². The molecule has 0 aliphatic carbocycles. The number of rotatable bonds is 33. The van der Waals surface area contributed by atoms with E-state index in [0.717, 1.165) is 5.92 Å². The predicted molar refractivity (Wildman–Crippen MR) is 173 cm³/mol. The Morgan fingerprint density at radius 1 is 0.243 bits per heavy atom. The van der Waals surface area contributed by atoms with Crippen LogP contribution in [-0.2, 0) is 0 Å². The lowest BCUT2D eigenvalue weighted by molar-refractivity contribution is 0.440. The van der Waals surface area contributed by atoms with E-state index in [1.54, 1.807) is 0 Å². The van der Waals surface area contributed by atoms with Gasteiger partial charge in [0.15, 0.2) is 0 Å². The zero-order valence-electron chi connectivity index (χ0n) is 26.9. The van der Waals surface area contributed by atoms with E-state index in [4.69, 9.17) is 0 Å². The first-order valence-corrected chi connectivity index (χ1v) is 18.3. The Balaban J connectivity index is 3.04. The molecule has 0 heteroatoms. The van der Waals surface area contributed by atoms with Gasteiger partial charge in [-0.05, 0) is 5.92 Å². The average molecular weight is 521 g/mol. The highest BCUT2D eigenvalue weighted by molar-refractivity contribution is 4.55. The van der Waals surface area contributed by atoms with E-state index in [2.05, 4.69) is 20.8 Å². The molecule has 0 saturated heterocycles. The van der Waals surface area contributed by atoms with Crippen LogP contribution in [0.25, 0.3) is 0 Å². The fourth-order valence-corrected chi connectivity index (χ4v) is 6.04. The quantitative estimate of drug-likeness (QED) is 0.0754. The SMILES string of the molecule is CCCCCCCCCCCCCCCCCCCCCCCCCCCCCCCC(C)CCCC. The highest BCUT2D eigenvalue weighted by Crippen LogP contribution is 2.18. The minimum absolute atomic E-state index is 0.967. The summed E-state index contributed by atoms with van der Waals surface area (Å²) in [6.07, 6.45) is 48.8. The Labute approximate surface area is 238 Å². The van der Waals surface area contributed by atoms with Crippen LogP contribution in [0.2, 0.25) is 0 Å². The summed E-state index contributed by atoms with van der Waals surface area (Å²) in [5.74, 6) is 0.967. The highest BCUT2D eigenvalue weighted by Gasteiger charge is 2.01. The zero-order valence-corrected chi connectivity index (χ0v) is 26.9. The Kier molecular flexibility index (Phi) is 34.0. The molecule has 0 spiro atoms. The van der Waals surface area contributed by atoms with Crippen LogP contribution in [0.4, 0.5) is 0 Å². The van der Waals surface area contributed by atoms with Crippen LogP contribution in [0.3, 0.4) is 0 Å². The van der Waals surface area contributed by atoms with Gasteiger partial charge in [-0.2, -0.15) is 0 Å². The smallest absolute Gasteiger partial charge is 0.0443 e. The Bertz CT molecular complexity index is 372. The summed E-state index contributed by atoms with van der Waals surface area (Å²) in [5, 5.41) is 0. The third kappa shape index (κ3) is 34.0. The van der Waals surface area contributed by atoms with Crippen molar-refractivity contribution >= 4 is 0 Å². The molecule has 37 heavy (non-hydrogen) atoms. The van der Waals surface area contributed by atoms with Crippen molar-refractivity contribution in [1.82, 2.24) is 0 Å². The minimum atomic E-state index is 0.967. The van der Waals surface area contributed by atoms with Gasteiger partial charge in [0.1, 0.15) is 0 Å². The molecule has 1 atom stereocenters. The van der Waals surface area contributed by atoms with E-state index in [0.29, 0.717) is 0 Å². The van der Waals surface area contributed by atoms with E-state index in [1.165, 1.54) is 212 Å². The maximum atomic E-state index is 2.46. The molecule has 0 heterocycles. The Hall–Kier alpha value is 0. The Morgan fingerprint density at radius 2 is 0.432 bits per heavy atom. The van der Waals surface area contributed by atoms with Crippen molar-refractivity contribution in [1.29, 1.82) is 0 Å². The second-order valence-electron chi connectivity index (χ2n) is 12.9. The van der Waals surface area contributed by atoms with Crippen molar-refractivity contribution in [2.75, 3.05) is 0 Å². The lowest BCUT2D eigenvalue weighted by Gasteiger charge is -2.10. The summed E-state index contributed by atoms with van der Waals surface area (Å²) in [5.41, 5.74) is 0. The van der Waals surface area contributed by atoms with Crippen molar-refractivity contribution in [2.24, 2.45) is 5.92 Å². The standard InChI is InChI=1S/C37H76/c1-4-6-8-9-10-11-12-13-14-15-16-17-18-19-20-21-22-23-24-25-26-27-28-29-30-31-32-33-34-36-37(3)35-7-5-2/h37H,4-36H2,1-3H3. The van der Waals surface area contributed by atoms with E-state index in [1.807, 2.05) is 0 Å². The molecule has 0 aliphatic heterocycles. The highest BCUT2D eigenvalue weighted by atomic mass is 14.1. The van der Waals surface area contributed by atoms with Crippen molar-refractivity contribution in [3.05, 3.63) is 0 Å². The van der Waals surface area contributed by atoms with Crippen molar-refractivity contribution in [2.45, 2.75) is 233 Å². The van der Waals surface area contributed by atoms with Crippen LogP contribution in [-0.4, -0.2) is 0 Å². The van der Waals surface area contributed by atoms with Gasteiger partial charge in [0.25, 0.3) is 0 Å². The molecular formula is C37H76. The fraction of sp³-hybridized carbons (Fsp3) is 1.00. The molecule has 0 N–H and O–H groups in total. The summed E-state index contributed by atoms with van der Waals surface area (Å²) in [4.78, 5) is 0. The first kappa shape index (κ1) is 37.0. The number of hydrogen-bond acceptors (Lipinski definition) is 0. The summed E-state index contributed by atoms with van der Waals surface area (Å²) in [7, 11) is 0. The molecule has 0 radical (unpaired) electrons. The van der Waals surface area contributed by atoms with Crippen molar-refractivity contribution in [3.8, 4) is 0 Å². The van der Waals surface area contributed by atoms with Gasteiger partial charge in [0.05, 0.1) is 0 Å². The van der Waals surface area contributed by atoms with Crippen LogP contribution in [0.15, 0.2) is 0 Å². The van der Waals surface area contributed by atoms with Gasteiger partial charge in [-0.1, -0.05) is 233 Å². The second-order valence-corrected chi connectivity index (χ2v) is 12.9. The first-order chi connectivity index (χ1) is 18.3. The fourth-order valence-electron chi connectivity index (χ4n) is 6.04. The van der Waals surface area contributed by atoms with Crippen LogP contribution in [0, 0.1) is 5.92 Å². The van der Waals surface area contributed by atoms with E-state index in [-0.39, 0.29) is 0 Å². The van der Waals surface area contributed by atoms with Crippen molar-refractivity contribution in [3.63, 3.8) is 0 Å². The van der Waals surface area contributed by atoms with Gasteiger partial charge >= 0.3 is 0 Å². The maximum Gasteiger partial charge on any atom is -0.0443 e. The molecule has 0 aromatic rings. The molecule has 0 rings (SSSR count).